The number of aromatic amines is 1. The predicted octanol–water partition coefficient (Wildman–Crippen LogP) is 2.33. The Morgan fingerprint density at radius 3 is 2.82 bits per heavy atom. The number of hydrogen-bond donors (Lipinski definition) is 2. The molecule has 0 aliphatic carbocycles. The molecule has 1 saturated heterocycles. The minimum Gasteiger partial charge on any atom is -0.382 e. The molecular weight excluding hydrogens is 212 g/mol. The maximum absolute atomic E-state index is 5.90. The number of benzene rings is 1. The summed E-state index contributed by atoms with van der Waals surface area (Å²) in [5.41, 5.74) is 8.28. The summed E-state index contributed by atoms with van der Waals surface area (Å²) in [5.74, 6) is 0.660. The van der Waals surface area contributed by atoms with Crippen LogP contribution in [0, 0.1) is 0 Å². The van der Waals surface area contributed by atoms with Crippen LogP contribution in [0.1, 0.15) is 24.4 Å². The van der Waals surface area contributed by atoms with Crippen molar-refractivity contribution in [3.8, 4) is 0 Å². The molecule has 1 atom stereocenters. The SMILES string of the molecule is Nc1[nH]ncc1N1CCCC1c1ccccc1. The van der Waals surface area contributed by atoms with Crippen LogP contribution in [0.3, 0.4) is 0 Å². The lowest BCUT2D eigenvalue weighted by Crippen LogP contribution is -2.22. The molecule has 0 bridgehead atoms. The molecule has 88 valence electrons. The molecule has 2 heterocycles. The van der Waals surface area contributed by atoms with Gasteiger partial charge in [0.15, 0.2) is 0 Å². The number of anilines is 2. The van der Waals surface area contributed by atoms with Gasteiger partial charge in [0, 0.05) is 6.54 Å². The first kappa shape index (κ1) is 10.2. The van der Waals surface area contributed by atoms with Crippen LogP contribution in [-0.4, -0.2) is 16.7 Å². The van der Waals surface area contributed by atoms with Crippen LogP contribution in [0.15, 0.2) is 36.5 Å². The Labute approximate surface area is 100 Å². The first-order chi connectivity index (χ1) is 8.36. The van der Waals surface area contributed by atoms with Crippen molar-refractivity contribution < 1.29 is 0 Å². The van der Waals surface area contributed by atoms with Gasteiger partial charge >= 0.3 is 0 Å². The van der Waals surface area contributed by atoms with E-state index in [0.717, 1.165) is 12.2 Å². The second-order valence-corrected chi connectivity index (χ2v) is 4.43. The van der Waals surface area contributed by atoms with Gasteiger partial charge in [0.2, 0.25) is 0 Å². The number of rotatable bonds is 2. The highest BCUT2D eigenvalue weighted by atomic mass is 15.3. The average molecular weight is 228 g/mol. The summed E-state index contributed by atoms with van der Waals surface area (Å²) in [6.45, 7) is 1.04. The molecule has 3 rings (SSSR count). The van der Waals surface area contributed by atoms with E-state index >= 15 is 0 Å². The van der Waals surface area contributed by atoms with Gasteiger partial charge in [0.25, 0.3) is 0 Å². The van der Waals surface area contributed by atoms with Crippen LogP contribution in [0.2, 0.25) is 0 Å². The monoisotopic (exact) mass is 228 g/mol. The number of nitrogens with one attached hydrogen (secondary N) is 1. The van der Waals surface area contributed by atoms with Crippen LogP contribution in [0.5, 0.6) is 0 Å². The Morgan fingerprint density at radius 2 is 2.12 bits per heavy atom. The van der Waals surface area contributed by atoms with Crippen LogP contribution in [-0.2, 0) is 0 Å². The molecule has 3 N–H and O–H groups in total. The Bertz CT molecular complexity index is 491. The number of nitrogens with two attached hydrogens (primary N) is 1. The molecule has 1 aromatic carbocycles. The van der Waals surface area contributed by atoms with E-state index < -0.39 is 0 Å². The standard InChI is InChI=1S/C13H16N4/c14-13-12(9-15-16-13)17-8-4-7-11(17)10-5-2-1-3-6-10/h1-3,5-6,9,11H,4,7-8H2,(H3,14,15,16). The number of nitrogens with zero attached hydrogens (tertiary/aromatic N) is 2. The number of aromatic nitrogens is 2. The van der Waals surface area contributed by atoms with Crippen molar-refractivity contribution in [2.75, 3.05) is 17.2 Å². The summed E-state index contributed by atoms with van der Waals surface area (Å²) < 4.78 is 0. The fourth-order valence-electron chi connectivity index (χ4n) is 2.60. The lowest BCUT2D eigenvalue weighted by atomic mass is 10.0. The maximum atomic E-state index is 5.90. The molecule has 1 aliphatic heterocycles. The van der Waals surface area contributed by atoms with Gasteiger partial charge in [-0.05, 0) is 18.4 Å². The molecule has 0 radical (unpaired) electrons. The lowest BCUT2D eigenvalue weighted by Gasteiger charge is -2.26. The predicted molar refractivity (Wildman–Crippen MR) is 68.8 cm³/mol. The molecule has 1 fully saturated rings. The summed E-state index contributed by atoms with van der Waals surface area (Å²) in [6, 6.07) is 11.0. The Hall–Kier alpha value is -1.97. The molecule has 2 aromatic rings. The van der Waals surface area contributed by atoms with Gasteiger partial charge in [-0.3, -0.25) is 5.10 Å². The van der Waals surface area contributed by atoms with Crippen molar-refractivity contribution in [2.24, 2.45) is 0 Å². The summed E-state index contributed by atoms with van der Waals surface area (Å²) in [7, 11) is 0. The van der Waals surface area contributed by atoms with Crippen LogP contribution >= 0.6 is 0 Å². The van der Waals surface area contributed by atoms with Crippen molar-refractivity contribution in [2.45, 2.75) is 18.9 Å². The van der Waals surface area contributed by atoms with Crippen LogP contribution < -0.4 is 10.6 Å². The Kier molecular flexibility index (Phi) is 2.48. The number of hydrogen-bond acceptors (Lipinski definition) is 3. The van der Waals surface area contributed by atoms with E-state index in [0.29, 0.717) is 11.9 Å². The van der Waals surface area contributed by atoms with E-state index in [-0.39, 0.29) is 0 Å². The van der Waals surface area contributed by atoms with E-state index in [1.54, 1.807) is 0 Å². The fraction of sp³-hybridized carbons (Fsp3) is 0.308. The molecule has 0 spiro atoms. The van der Waals surface area contributed by atoms with Gasteiger partial charge in [0.1, 0.15) is 5.82 Å². The molecule has 17 heavy (non-hydrogen) atoms. The largest absolute Gasteiger partial charge is 0.382 e. The van der Waals surface area contributed by atoms with E-state index in [1.807, 2.05) is 6.20 Å². The second-order valence-electron chi connectivity index (χ2n) is 4.43. The smallest absolute Gasteiger partial charge is 0.142 e. The topological polar surface area (TPSA) is 57.9 Å². The quantitative estimate of drug-likeness (QED) is 0.829. The first-order valence-electron chi connectivity index (χ1n) is 5.96. The van der Waals surface area contributed by atoms with Crippen molar-refractivity contribution in [3.05, 3.63) is 42.1 Å². The zero-order chi connectivity index (χ0) is 11.7. The normalized spacial score (nSPS) is 19.8. The van der Waals surface area contributed by atoms with Gasteiger partial charge in [-0.2, -0.15) is 5.10 Å². The molecule has 0 amide bonds. The third kappa shape index (κ3) is 1.75. The van der Waals surface area contributed by atoms with Crippen molar-refractivity contribution in [3.63, 3.8) is 0 Å². The summed E-state index contributed by atoms with van der Waals surface area (Å²) in [4.78, 5) is 2.34. The lowest BCUT2D eigenvalue weighted by molar-refractivity contribution is 0.720. The molecule has 0 saturated carbocycles. The van der Waals surface area contributed by atoms with Gasteiger partial charge in [-0.15, -0.1) is 0 Å². The van der Waals surface area contributed by atoms with Crippen molar-refractivity contribution >= 4 is 11.5 Å². The highest BCUT2D eigenvalue weighted by molar-refractivity contribution is 5.63. The summed E-state index contributed by atoms with van der Waals surface area (Å²) in [6.07, 6.45) is 4.19. The zero-order valence-corrected chi connectivity index (χ0v) is 9.63. The molecule has 4 nitrogen and oxygen atoms in total. The highest BCUT2D eigenvalue weighted by Crippen LogP contribution is 2.37. The first-order valence-corrected chi connectivity index (χ1v) is 5.96. The minimum atomic E-state index is 0.427. The van der Waals surface area contributed by atoms with E-state index in [1.165, 1.54) is 18.4 Å². The van der Waals surface area contributed by atoms with Crippen molar-refractivity contribution in [1.82, 2.24) is 10.2 Å². The summed E-state index contributed by atoms with van der Waals surface area (Å²) >= 11 is 0. The number of H-pyrrole nitrogens is 1. The third-order valence-corrected chi connectivity index (χ3v) is 3.39. The molecular formula is C13H16N4. The molecule has 1 aromatic heterocycles. The summed E-state index contributed by atoms with van der Waals surface area (Å²) in [5, 5.41) is 6.81. The van der Waals surface area contributed by atoms with Crippen LogP contribution in [0.4, 0.5) is 11.5 Å². The molecule has 1 unspecified atom stereocenters. The molecule has 1 aliphatic rings. The highest BCUT2D eigenvalue weighted by Gasteiger charge is 2.27. The maximum Gasteiger partial charge on any atom is 0.142 e. The van der Waals surface area contributed by atoms with Gasteiger partial charge < -0.3 is 10.6 Å². The van der Waals surface area contributed by atoms with E-state index in [9.17, 15) is 0 Å². The second kappa shape index (κ2) is 4.13. The van der Waals surface area contributed by atoms with Gasteiger partial charge in [-0.25, -0.2) is 0 Å². The number of nitrogen functional groups attached to an aromatic ring is 1. The van der Waals surface area contributed by atoms with Crippen LogP contribution in [0.25, 0.3) is 0 Å². The van der Waals surface area contributed by atoms with Gasteiger partial charge in [0.05, 0.1) is 17.9 Å². The Morgan fingerprint density at radius 1 is 1.29 bits per heavy atom. The Balaban J connectivity index is 1.93. The fourth-order valence-corrected chi connectivity index (χ4v) is 2.60. The molecule has 4 heteroatoms. The van der Waals surface area contributed by atoms with Crippen molar-refractivity contribution in [1.29, 1.82) is 0 Å². The van der Waals surface area contributed by atoms with E-state index in [4.69, 9.17) is 5.73 Å². The third-order valence-electron chi connectivity index (χ3n) is 3.39. The van der Waals surface area contributed by atoms with E-state index in [2.05, 4.69) is 45.4 Å². The zero-order valence-electron chi connectivity index (χ0n) is 9.63. The van der Waals surface area contributed by atoms with Gasteiger partial charge in [-0.1, -0.05) is 30.3 Å². The minimum absolute atomic E-state index is 0.427. The average Bonchev–Trinajstić information content (AvgIpc) is 2.98.